The van der Waals surface area contributed by atoms with Gasteiger partial charge in [0.25, 0.3) is 5.91 Å². The minimum absolute atomic E-state index is 0.0807. The largest absolute Gasteiger partial charge is 0.465 e. The number of nitrogens with zero attached hydrogens (tertiary/aromatic N) is 2. The van der Waals surface area contributed by atoms with Gasteiger partial charge in [0.15, 0.2) is 17.0 Å². The number of esters is 2. The summed E-state index contributed by atoms with van der Waals surface area (Å²) >= 11 is 5.94. The highest BCUT2D eigenvalue weighted by Gasteiger charge is 2.58. The molecule has 1 heterocycles. The normalized spacial score (nSPS) is 19.9. The van der Waals surface area contributed by atoms with E-state index in [1.54, 1.807) is 0 Å². The number of ether oxygens (including phenoxy) is 2. The molecule has 0 radical (unpaired) electrons. The van der Waals surface area contributed by atoms with Crippen LogP contribution in [-0.2, 0) is 19.9 Å². The number of likely N-dealkylation sites (N-methyl/N-ethyl adjacent to an activating group) is 1. The summed E-state index contributed by atoms with van der Waals surface area (Å²) in [6, 6.07) is 8.73. The van der Waals surface area contributed by atoms with E-state index in [0.29, 0.717) is 9.92 Å². The molecule has 0 saturated carbocycles. The number of hydrogen-bond acceptors (Lipinski definition) is 8. The van der Waals surface area contributed by atoms with Gasteiger partial charge in [-0.3, -0.25) is 24.2 Å². The summed E-state index contributed by atoms with van der Waals surface area (Å²) in [7, 11) is 1.16. The Hall–Kier alpha value is -4.16. The van der Waals surface area contributed by atoms with Gasteiger partial charge in [-0.15, -0.1) is 0 Å². The van der Waals surface area contributed by atoms with E-state index in [-0.39, 0.29) is 22.7 Å². The van der Waals surface area contributed by atoms with E-state index >= 15 is 0 Å². The number of carboxylic acid groups (broad SMARTS) is 1. The number of halogens is 1. The van der Waals surface area contributed by atoms with Crippen LogP contribution in [0.4, 0.5) is 15.3 Å². The molecule has 1 aliphatic rings. The van der Waals surface area contributed by atoms with Gasteiger partial charge in [-0.25, -0.2) is 9.59 Å². The number of imide groups is 1. The van der Waals surface area contributed by atoms with Crippen molar-refractivity contribution in [2.24, 2.45) is 5.73 Å². The SMILES string of the molecule is CC(=O)Oc1ccc(C2(NC(=O)O)C(=O)N(C)C(=O)N(c3ccc(Cl)cc3)C2N)cc1OC(C)=O. The number of carbonyl (C=O) groups excluding carboxylic acids is 4. The van der Waals surface area contributed by atoms with Crippen molar-refractivity contribution in [3.63, 3.8) is 0 Å². The molecule has 0 bridgehead atoms. The maximum atomic E-state index is 13.5. The Morgan fingerprint density at radius 3 is 2.14 bits per heavy atom. The summed E-state index contributed by atoms with van der Waals surface area (Å²) in [5.41, 5.74) is 4.33. The number of carbonyl (C=O) groups is 5. The summed E-state index contributed by atoms with van der Waals surface area (Å²) in [5.74, 6) is -2.90. The number of anilines is 1. The molecule has 12 nitrogen and oxygen atoms in total. The molecule has 0 spiro atoms. The van der Waals surface area contributed by atoms with Gasteiger partial charge >= 0.3 is 24.1 Å². The molecule has 13 heteroatoms. The molecule has 35 heavy (non-hydrogen) atoms. The van der Waals surface area contributed by atoms with Gasteiger partial charge in [-0.1, -0.05) is 17.7 Å². The predicted molar refractivity (Wildman–Crippen MR) is 122 cm³/mol. The van der Waals surface area contributed by atoms with E-state index in [4.69, 9.17) is 26.8 Å². The molecule has 2 atom stereocenters. The van der Waals surface area contributed by atoms with Crippen LogP contribution < -0.4 is 25.4 Å². The Bertz CT molecular complexity index is 1220. The smallest absolute Gasteiger partial charge is 0.405 e. The van der Waals surface area contributed by atoms with Gasteiger partial charge in [0, 0.05) is 31.6 Å². The number of nitrogens with one attached hydrogen (secondary N) is 1. The molecule has 2 aromatic carbocycles. The van der Waals surface area contributed by atoms with Crippen LogP contribution in [0, 0.1) is 0 Å². The molecule has 1 aliphatic heterocycles. The van der Waals surface area contributed by atoms with Crippen molar-refractivity contribution in [3.05, 3.63) is 53.1 Å². The molecule has 4 N–H and O–H groups in total. The van der Waals surface area contributed by atoms with E-state index in [1.165, 1.54) is 36.4 Å². The van der Waals surface area contributed by atoms with Gasteiger partial charge < -0.3 is 25.6 Å². The van der Waals surface area contributed by atoms with Crippen LogP contribution in [0.5, 0.6) is 11.5 Å². The van der Waals surface area contributed by atoms with Crippen molar-refractivity contribution < 1.29 is 38.6 Å². The van der Waals surface area contributed by atoms with E-state index in [0.717, 1.165) is 31.9 Å². The second-order valence-electron chi connectivity index (χ2n) is 7.52. The second-order valence-corrected chi connectivity index (χ2v) is 7.96. The third kappa shape index (κ3) is 4.74. The van der Waals surface area contributed by atoms with Crippen molar-refractivity contribution in [1.29, 1.82) is 0 Å². The highest BCUT2D eigenvalue weighted by Crippen LogP contribution is 2.39. The van der Waals surface area contributed by atoms with Crippen molar-refractivity contribution >= 4 is 47.3 Å². The zero-order valence-electron chi connectivity index (χ0n) is 18.8. The van der Waals surface area contributed by atoms with E-state index < -0.39 is 41.7 Å². The van der Waals surface area contributed by atoms with Gasteiger partial charge in [0.1, 0.15) is 6.17 Å². The highest BCUT2D eigenvalue weighted by atomic mass is 35.5. The molecule has 1 fully saturated rings. The Balaban J connectivity index is 2.26. The van der Waals surface area contributed by atoms with Crippen molar-refractivity contribution in [2.45, 2.75) is 25.6 Å². The minimum atomic E-state index is -2.25. The molecule has 3 rings (SSSR count). The number of amides is 4. The second kappa shape index (κ2) is 9.60. The van der Waals surface area contributed by atoms with E-state index in [9.17, 15) is 29.1 Å². The Labute approximate surface area is 204 Å². The standard InChI is InChI=1S/C22H21ClN4O8/c1-11(28)34-16-9-4-13(10-17(16)35-12(2)29)22(25-20(31)32)18(24)27(21(33)26(3)19(22)30)15-7-5-14(23)6-8-15/h4-10,18,25H,24H2,1-3H3,(H,31,32). The fourth-order valence-electron chi connectivity index (χ4n) is 3.71. The maximum Gasteiger partial charge on any atom is 0.405 e. The first-order chi connectivity index (χ1) is 16.4. The quantitative estimate of drug-likeness (QED) is 0.407. The van der Waals surface area contributed by atoms with Crippen molar-refractivity contribution in [3.8, 4) is 11.5 Å². The molecule has 0 aliphatic carbocycles. The molecule has 184 valence electrons. The topological polar surface area (TPSA) is 169 Å². The summed E-state index contributed by atoms with van der Waals surface area (Å²) in [5, 5.41) is 12.2. The number of rotatable bonds is 5. The molecular formula is C22H21ClN4O8. The Morgan fingerprint density at radius 2 is 1.60 bits per heavy atom. The van der Waals surface area contributed by atoms with Crippen LogP contribution in [0.15, 0.2) is 42.5 Å². The fourth-order valence-corrected chi connectivity index (χ4v) is 3.84. The lowest BCUT2D eigenvalue weighted by Crippen LogP contribution is -2.76. The number of hydrogen-bond donors (Lipinski definition) is 3. The zero-order valence-corrected chi connectivity index (χ0v) is 19.5. The minimum Gasteiger partial charge on any atom is -0.465 e. The third-order valence-corrected chi connectivity index (χ3v) is 5.42. The average molecular weight is 505 g/mol. The number of benzene rings is 2. The number of nitrogens with two attached hydrogens (primary N) is 1. The third-order valence-electron chi connectivity index (χ3n) is 5.17. The average Bonchev–Trinajstić information content (AvgIpc) is 2.77. The van der Waals surface area contributed by atoms with Crippen molar-refractivity contribution in [2.75, 3.05) is 11.9 Å². The Morgan fingerprint density at radius 1 is 1.03 bits per heavy atom. The first kappa shape index (κ1) is 25.5. The summed E-state index contributed by atoms with van der Waals surface area (Å²) in [4.78, 5) is 63.3. The van der Waals surface area contributed by atoms with Gasteiger partial charge in [-0.05, 0) is 42.0 Å². The fraction of sp³-hybridized carbons (Fsp3) is 0.227. The lowest BCUT2D eigenvalue weighted by Gasteiger charge is -2.49. The zero-order chi connectivity index (χ0) is 26.1. The maximum absolute atomic E-state index is 13.5. The summed E-state index contributed by atoms with van der Waals surface area (Å²) in [6.45, 7) is 2.23. The van der Waals surface area contributed by atoms with Crippen LogP contribution in [0.1, 0.15) is 19.4 Å². The van der Waals surface area contributed by atoms with E-state index in [1.807, 2.05) is 0 Å². The predicted octanol–water partition coefficient (Wildman–Crippen LogP) is 2.04. The van der Waals surface area contributed by atoms with Crippen LogP contribution in [-0.4, -0.2) is 53.2 Å². The van der Waals surface area contributed by atoms with Gasteiger partial charge in [0.05, 0.1) is 0 Å². The first-order valence-corrected chi connectivity index (χ1v) is 10.4. The summed E-state index contributed by atoms with van der Waals surface area (Å²) in [6.07, 6.45) is -3.22. The molecule has 4 amide bonds. The van der Waals surface area contributed by atoms with Crippen molar-refractivity contribution in [1.82, 2.24) is 10.2 Å². The highest BCUT2D eigenvalue weighted by molar-refractivity contribution is 6.30. The molecule has 1 saturated heterocycles. The Kier molecular flexibility index (Phi) is 6.99. The molecule has 2 aromatic rings. The van der Waals surface area contributed by atoms with Gasteiger partial charge in [-0.2, -0.15) is 0 Å². The van der Waals surface area contributed by atoms with Crippen LogP contribution in [0.2, 0.25) is 5.02 Å². The molecular weight excluding hydrogens is 484 g/mol. The first-order valence-electron chi connectivity index (χ1n) is 10.0. The van der Waals surface area contributed by atoms with Crippen LogP contribution in [0.25, 0.3) is 0 Å². The van der Waals surface area contributed by atoms with E-state index in [2.05, 4.69) is 5.32 Å². The molecule has 0 aromatic heterocycles. The number of urea groups is 1. The lowest BCUT2D eigenvalue weighted by atomic mass is 9.82. The lowest BCUT2D eigenvalue weighted by molar-refractivity contribution is -0.137. The summed E-state index contributed by atoms with van der Waals surface area (Å²) < 4.78 is 10.2. The monoisotopic (exact) mass is 504 g/mol. The van der Waals surface area contributed by atoms with Crippen LogP contribution in [0.3, 0.4) is 0 Å². The van der Waals surface area contributed by atoms with Crippen LogP contribution >= 0.6 is 11.6 Å². The molecule has 2 unspecified atom stereocenters. The van der Waals surface area contributed by atoms with Gasteiger partial charge in [0.2, 0.25) is 0 Å².